The minimum atomic E-state index is -0.743. The number of carbonyl (C=O) groups excluding carboxylic acids is 4. The van der Waals surface area contributed by atoms with Gasteiger partial charge in [0.15, 0.2) is 0 Å². The summed E-state index contributed by atoms with van der Waals surface area (Å²) in [5.74, 6) is -2.47. The van der Waals surface area contributed by atoms with Crippen LogP contribution in [0.2, 0.25) is 20.1 Å². The highest BCUT2D eigenvalue weighted by molar-refractivity contribution is 6.42. The van der Waals surface area contributed by atoms with E-state index in [0.29, 0.717) is 0 Å². The van der Waals surface area contributed by atoms with Crippen molar-refractivity contribution in [2.75, 3.05) is 0 Å². The third-order valence-electron chi connectivity index (χ3n) is 3.48. The van der Waals surface area contributed by atoms with Gasteiger partial charge in [0.05, 0.1) is 42.3 Å². The molecule has 2 amide bonds. The summed E-state index contributed by atoms with van der Waals surface area (Å²) in [6.45, 7) is 0. The number of amides is 2. The minimum absolute atomic E-state index is 0.0548. The van der Waals surface area contributed by atoms with Crippen LogP contribution in [0, 0.1) is 0 Å². The van der Waals surface area contributed by atoms with Crippen molar-refractivity contribution in [2.24, 2.45) is 0 Å². The molecule has 0 fully saturated rings. The van der Waals surface area contributed by atoms with Crippen molar-refractivity contribution >= 4 is 70.2 Å². The second-order valence-electron chi connectivity index (χ2n) is 5.02. The van der Waals surface area contributed by atoms with Crippen LogP contribution in [0.3, 0.4) is 0 Å². The number of rotatable bonds is 0. The van der Waals surface area contributed by atoms with Crippen molar-refractivity contribution in [2.45, 2.75) is 0 Å². The van der Waals surface area contributed by atoms with Crippen LogP contribution in [0.4, 0.5) is 0 Å². The number of hydrogen-bond acceptors (Lipinski definition) is 5. The molecule has 6 nitrogen and oxygen atoms in total. The molecule has 0 saturated carbocycles. The van der Waals surface area contributed by atoms with Crippen LogP contribution in [0.5, 0.6) is 0 Å². The van der Waals surface area contributed by atoms with Crippen LogP contribution < -0.4 is 5.32 Å². The Bertz CT molecular complexity index is 859. The van der Waals surface area contributed by atoms with E-state index in [2.05, 4.69) is 10.1 Å². The Morgan fingerprint density at radius 2 is 0.885 bits per heavy atom. The van der Waals surface area contributed by atoms with Gasteiger partial charge in [0, 0.05) is 0 Å². The van der Waals surface area contributed by atoms with Gasteiger partial charge in [0.1, 0.15) is 0 Å². The van der Waals surface area contributed by atoms with Crippen LogP contribution in [-0.4, -0.2) is 23.8 Å². The number of carbonyl (C=O) groups is 4. The van der Waals surface area contributed by atoms with Crippen molar-refractivity contribution in [1.82, 2.24) is 5.32 Å². The lowest BCUT2D eigenvalue weighted by atomic mass is 10.1. The van der Waals surface area contributed by atoms with Gasteiger partial charge in [0.25, 0.3) is 11.8 Å². The molecule has 0 bridgehead atoms. The molecule has 2 heterocycles. The summed E-state index contributed by atoms with van der Waals surface area (Å²) in [4.78, 5) is 44.5. The Hall–Kier alpha value is -2.12. The summed E-state index contributed by atoms with van der Waals surface area (Å²) < 4.78 is 4.35. The molecule has 10 heteroatoms. The van der Waals surface area contributed by atoms with Crippen molar-refractivity contribution in [3.05, 3.63) is 66.6 Å². The van der Waals surface area contributed by atoms with Crippen LogP contribution in [0.15, 0.2) is 24.3 Å². The van der Waals surface area contributed by atoms with Crippen LogP contribution in [0.1, 0.15) is 41.4 Å². The first-order valence-electron chi connectivity index (χ1n) is 6.80. The van der Waals surface area contributed by atoms with E-state index in [9.17, 15) is 19.2 Å². The monoisotopic (exact) mass is 431 g/mol. The molecule has 1 N–H and O–H groups in total. The zero-order valence-electron chi connectivity index (χ0n) is 12.4. The summed E-state index contributed by atoms with van der Waals surface area (Å²) in [6, 6.07) is 5.87. The highest BCUT2D eigenvalue weighted by Crippen LogP contribution is 2.32. The molecule has 0 aromatic heterocycles. The van der Waals surface area contributed by atoms with E-state index in [1.54, 1.807) is 0 Å². The largest absolute Gasteiger partial charge is 0.386 e. The number of benzene rings is 2. The average molecular weight is 433 g/mol. The number of cyclic esters (lactones) is 2. The normalized spacial score (nSPS) is 14.3. The molecule has 2 aromatic carbocycles. The smallest absolute Gasteiger partial charge is 0.348 e. The molecule has 0 spiro atoms. The predicted molar refractivity (Wildman–Crippen MR) is 94.5 cm³/mol. The van der Waals surface area contributed by atoms with Crippen molar-refractivity contribution < 1.29 is 23.9 Å². The van der Waals surface area contributed by atoms with Gasteiger partial charge >= 0.3 is 11.9 Å². The Balaban J connectivity index is 0.000000151. The maximum absolute atomic E-state index is 11.2. The van der Waals surface area contributed by atoms with Gasteiger partial charge in [-0.05, 0) is 24.3 Å². The van der Waals surface area contributed by atoms with E-state index in [4.69, 9.17) is 46.4 Å². The van der Waals surface area contributed by atoms with Crippen molar-refractivity contribution in [3.8, 4) is 0 Å². The first-order chi connectivity index (χ1) is 12.2. The van der Waals surface area contributed by atoms with Crippen LogP contribution in [0.25, 0.3) is 0 Å². The molecule has 0 saturated heterocycles. The fraction of sp³-hybridized carbons (Fsp3) is 0. The first kappa shape index (κ1) is 18.7. The first-order valence-corrected chi connectivity index (χ1v) is 8.31. The maximum Gasteiger partial charge on any atom is 0.348 e. The summed E-state index contributed by atoms with van der Waals surface area (Å²) in [6.07, 6.45) is 0. The molecule has 0 atom stereocenters. The minimum Gasteiger partial charge on any atom is -0.386 e. The zero-order chi connectivity index (χ0) is 19.2. The number of ether oxygens (including phenoxy) is 1. The Morgan fingerprint density at radius 1 is 0.577 bits per heavy atom. The number of nitrogens with one attached hydrogen (secondary N) is 1. The second-order valence-corrected chi connectivity index (χ2v) is 6.65. The molecule has 0 radical (unpaired) electrons. The van der Waals surface area contributed by atoms with Gasteiger partial charge in [0.2, 0.25) is 0 Å². The van der Waals surface area contributed by atoms with Gasteiger partial charge in [-0.2, -0.15) is 0 Å². The second kappa shape index (κ2) is 6.89. The molecule has 2 aromatic rings. The zero-order valence-corrected chi connectivity index (χ0v) is 15.4. The standard InChI is InChI=1S/C8H3Cl2NO2.C8H2Cl2O3/c9-3-1-2-4(10)6-5(3)7(12)11-8(6)13;9-3-1-2-4(10)6-5(3)7(11)13-8(6)12/h1-2H,(H,11,12,13);1-2H. The van der Waals surface area contributed by atoms with Crippen molar-refractivity contribution in [1.29, 1.82) is 0 Å². The number of fused-ring (bicyclic) bond motifs is 2. The van der Waals surface area contributed by atoms with Gasteiger partial charge in [-0.1, -0.05) is 46.4 Å². The fourth-order valence-corrected chi connectivity index (χ4v) is 3.32. The number of esters is 2. The Labute approximate surface area is 165 Å². The topological polar surface area (TPSA) is 89.5 Å². The number of hydrogen-bond donors (Lipinski definition) is 1. The molecule has 4 rings (SSSR count). The van der Waals surface area contributed by atoms with Crippen LogP contribution in [-0.2, 0) is 4.74 Å². The third kappa shape index (κ3) is 3.05. The molecule has 2 aliphatic heterocycles. The summed E-state index contributed by atoms with van der Waals surface area (Å²) in [5, 5.41) is 2.95. The van der Waals surface area contributed by atoms with E-state index in [0.717, 1.165) is 0 Å². The summed E-state index contributed by atoms with van der Waals surface area (Å²) in [5.41, 5.74) is 0.441. The quantitative estimate of drug-likeness (QED) is 0.383. The number of halogens is 4. The fourth-order valence-electron chi connectivity index (χ4n) is 2.36. The van der Waals surface area contributed by atoms with Gasteiger partial charge in [-0.3, -0.25) is 14.9 Å². The predicted octanol–water partition coefficient (Wildman–Crippen LogP) is 4.18. The summed E-state index contributed by atoms with van der Waals surface area (Å²) >= 11 is 22.8. The van der Waals surface area contributed by atoms with E-state index >= 15 is 0 Å². The molecule has 0 unspecified atom stereocenters. The van der Waals surface area contributed by atoms with Gasteiger partial charge in [-0.25, -0.2) is 9.59 Å². The van der Waals surface area contributed by atoms with Crippen molar-refractivity contribution in [3.63, 3.8) is 0 Å². The molecule has 26 heavy (non-hydrogen) atoms. The number of imide groups is 1. The van der Waals surface area contributed by atoms with E-state index < -0.39 is 23.8 Å². The van der Waals surface area contributed by atoms with Gasteiger partial charge < -0.3 is 4.74 Å². The van der Waals surface area contributed by atoms with Crippen LogP contribution >= 0.6 is 46.4 Å². The van der Waals surface area contributed by atoms with Gasteiger partial charge in [-0.15, -0.1) is 0 Å². The SMILES string of the molecule is O=C1NC(=O)c2c(Cl)ccc(Cl)c21.O=C1OC(=O)c2c(Cl)ccc(Cl)c21. The maximum atomic E-state index is 11.2. The lowest BCUT2D eigenvalue weighted by Gasteiger charge is -1.98. The average Bonchev–Trinajstić information content (AvgIpc) is 3.05. The summed E-state index contributed by atoms with van der Waals surface area (Å²) in [7, 11) is 0. The van der Waals surface area contributed by atoms with E-state index in [-0.39, 0.29) is 42.3 Å². The van der Waals surface area contributed by atoms with E-state index in [1.807, 2.05) is 0 Å². The third-order valence-corrected chi connectivity index (χ3v) is 4.74. The lowest BCUT2D eigenvalue weighted by Crippen LogP contribution is -2.20. The highest BCUT2D eigenvalue weighted by atomic mass is 35.5. The molecular weight excluding hydrogens is 428 g/mol. The molecule has 2 aliphatic rings. The lowest BCUT2D eigenvalue weighted by molar-refractivity contribution is 0.0443. The highest BCUT2D eigenvalue weighted by Gasteiger charge is 2.34. The Kier molecular flexibility index (Phi) is 4.94. The van der Waals surface area contributed by atoms with E-state index in [1.165, 1.54) is 24.3 Å². The Morgan fingerprint density at radius 3 is 1.23 bits per heavy atom. The molecule has 132 valence electrons. The molecule has 0 aliphatic carbocycles. The molecular formula is C16H5Cl4NO5.